The Morgan fingerprint density at radius 1 is 1.33 bits per heavy atom. The zero-order valence-corrected chi connectivity index (χ0v) is 13.3. The Bertz CT molecular complexity index is 483. The minimum atomic E-state index is -0.124. The van der Waals surface area contributed by atoms with E-state index in [0.29, 0.717) is 17.7 Å². The van der Waals surface area contributed by atoms with E-state index in [-0.39, 0.29) is 11.9 Å². The topological polar surface area (TPSA) is 66.9 Å². The molecule has 1 atom stereocenters. The van der Waals surface area contributed by atoms with Gasteiger partial charge in [-0.05, 0) is 39.2 Å². The molecule has 1 saturated carbocycles. The fourth-order valence-corrected chi connectivity index (χ4v) is 2.58. The van der Waals surface area contributed by atoms with Gasteiger partial charge in [0.2, 0.25) is 5.95 Å². The van der Waals surface area contributed by atoms with Crippen LogP contribution in [0.25, 0.3) is 0 Å². The lowest BCUT2D eigenvalue weighted by molar-refractivity contribution is 0.0934. The van der Waals surface area contributed by atoms with Gasteiger partial charge in [-0.25, -0.2) is 9.97 Å². The highest BCUT2D eigenvalue weighted by Gasteiger charge is 2.16. The first-order valence-corrected chi connectivity index (χ1v) is 8.01. The van der Waals surface area contributed by atoms with Crippen LogP contribution in [0, 0.1) is 6.92 Å². The Hall–Kier alpha value is -1.65. The number of nitrogens with zero attached hydrogens (tertiary/aromatic N) is 2. The van der Waals surface area contributed by atoms with Crippen LogP contribution >= 0.6 is 0 Å². The molecular weight excluding hydrogens is 264 g/mol. The van der Waals surface area contributed by atoms with Crippen LogP contribution in [0.4, 0.5) is 5.95 Å². The Kier molecular flexibility index (Phi) is 5.53. The number of amides is 1. The molecule has 0 spiro atoms. The van der Waals surface area contributed by atoms with Crippen molar-refractivity contribution in [2.45, 2.75) is 71.4 Å². The second-order valence-electron chi connectivity index (χ2n) is 5.98. The third-order valence-corrected chi connectivity index (χ3v) is 4.02. The van der Waals surface area contributed by atoms with E-state index >= 15 is 0 Å². The lowest BCUT2D eigenvalue weighted by Gasteiger charge is -2.23. The molecular formula is C16H26N4O. The van der Waals surface area contributed by atoms with E-state index < -0.39 is 0 Å². The molecule has 5 heteroatoms. The molecule has 1 fully saturated rings. The molecule has 21 heavy (non-hydrogen) atoms. The van der Waals surface area contributed by atoms with Gasteiger partial charge in [0.15, 0.2) is 0 Å². The van der Waals surface area contributed by atoms with Crippen molar-refractivity contribution in [3.05, 3.63) is 17.5 Å². The number of rotatable bonds is 5. The van der Waals surface area contributed by atoms with Crippen molar-refractivity contribution in [3.63, 3.8) is 0 Å². The van der Waals surface area contributed by atoms with Crippen LogP contribution in [-0.2, 0) is 0 Å². The highest BCUT2D eigenvalue weighted by atomic mass is 16.1. The van der Waals surface area contributed by atoms with Gasteiger partial charge in [-0.1, -0.05) is 26.2 Å². The van der Waals surface area contributed by atoms with E-state index in [4.69, 9.17) is 0 Å². The minimum absolute atomic E-state index is 0.124. The average molecular weight is 290 g/mol. The van der Waals surface area contributed by atoms with Crippen LogP contribution in [0.2, 0.25) is 0 Å². The van der Waals surface area contributed by atoms with Crippen LogP contribution in [0.5, 0.6) is 0 Å². The van der Waals surface area contributed by atoms with Crippen molar-refractivity contribution < 1.29 is 4.79 Å². The van der Waals surface area contributed by atoms with E-state index in [2.05, 4.69) is 20.6 Å². The summed E-state index contributed by atoms with van der Waals surface area (Å²) in [6, 6.07) is 2.33. The predicted molar refractivity (Wildman–Crippen MR) is 84.5 cm³/mol. The number of hydrogen-bond donors (Lipinski definition) is 2. The maximum absolute atomic E-state index is 12.2. The van der Waals surface area contributed by atoms with Gasteiger partial charge in [-0.3, -0.25) is 4.79 Å². The second-order valence-corrected chi connectivity index (χ2v) is 5.98. The fourth-order valence-electron chi connectivity index (χ4n) is 2.58. The van der Waals surface area contributed by atoms with Crippen molar-refractivity contribution in [3.8, 4) is 0 Å². The van der Waals surface area contributed by atoms with Gasteiger partial charge in [-0.2, -0.15) is 0 Å². The first kappa shape index (κ1) is 15.7. The summed E-state index contributed by atoms with van der Waals surface area (Å²) in [4.78, 5) is 21.0. The molecule has 1 aliphatic rings. The number of carbonyl (C=O) groups is 1. The van der Waals surface area contributed by atoms with E-state index in [1.165, 1.54) is 19.3 Å². The van der Waals surface area contributed by atoms with Gasteiger partial charge in [0.05, 0.1) is 0 Å². The van der Waals surface area contributed by atoms with Gasteiger partial charge < -0.3 is 10.6 Å². The molecule has 2 N–H and O–H groups in total. The van der Waals surface area contributed by atoms with Crippen molar-refractivity contribution in [2.24, 2.45) is 0 Å². The first-order valence-electron chi connectivity index (χ1n) is 8.01. The smallest absolute Gasteiger partial charge is 0.270 e. The molecule has 116 valence electrons. The molecule has 1 aromatic heterocycles. The highest BCUT2D eigenvalue weighted by Crippen LogP contribution is 2.20. The summed E-state index contributed by atoms with van der Waals surface area (Å²) in [5, 5.41) is 6.33. The molecule has 0 radical (unpaired) electrons. The Morgan fingerprint density at radius 3 is 2.71 bits per heavy atom. The molecule has 5 nitrogen and oxygen atoms in total. The zero-order chi connectivity index (χ0) is 15.2. The Morgan fingerprint density at radius 2 is 2.05 bits per heavy atom. The lowest BCUT2D eigenvalue weighted by atomic mass is 9.96. The summed E-state index contributed by atoms with van der Waals surface area (Å²) in [5.74, 6) is 0.456. The summed E-state index contributed by atoms with van der Waals surface area (Å²) in [6.45, 7) is 5.94. The van der Waals surface area contributed by atoms with Crippen LogP contribution in [0.3, 0.4) is 0 Å². The van der Waals surface area contributed by atoms with E-state index in [1.807, 2.05) is 20.8 Å². The van der Waals surface area contributed by atoms with Gasteiger partial charge in [0.25, 0.3) is 5.91 Å². The number of anilines is 1. The number of aryl methyl sites for hydroxylation is 1. The van der Waals surface area contributed by atoms with E-state index in [1.54, 1.807) is 6.07 Å². The summed E-state index contributed by atoms with van der Waals surface area (Å²) >= 11 is 0. The summed E-state index contributed by atoms with van der Waals surface area (Å²) in [6.07, 6.45) is 7.05. The van der Waals surface area contributed by atoms with Crippen molar-refractivity contribution >= 4 is 11.9 Å². The first-order chi connectivity index (χ1) is 10.1. The van der Waals surface area contributed by atoms with E-state index in [0.717, 1.165) is 25.0 Å². The fraction of sp³-hybridized carbons (Fsp3) is 0.688. The Balaban J connectivity index is 2.07. The van der Waals surface area contributed by atoms with Gasteiger partial charge >= 0.3 is 0 Å². The lowest BCUT2D eigenvalue weighted by Crippen LogP contribution is -2.33. The number of hydrogen-bond acceptors (Lipinski definition) is 4. The zero-order valence-electron chi connectivity index (χ0n) is 13.3. The SMILES string of the molecule is CCC(C)NC(=O)c1cc(C)nc(NC2CCCCC2)n1. The number of nitrogens with one attached hydrogen (secondary N) is 2. The molecule has 0 aromatic carbocycles. The monoisotopic (exact) mass is 290 g/mol. The average Bonchev–Trinajstić information content (AvgIpc) is 2.47. The maximum Gasteiger partial charge on any atom is 0.270 e. The van der Waals surface area contributed by atoms with Gasteiger partial charge in [-0.15, -0.1) is 0 Å². The largest absolute Gasteiger partial charge is 0.351 e. The third kappa shape index (κ3) is 4.69. The third-order valence-electron chi connectivity index (χ3n) is 4.02. The van der Waals surface area contributed by atoms with Crippen LogP contribution in [0.15, 0.2) is 6.07 Å². The van der Waals surface area contributed by atoms with Crippen LogP contribution in [-0.4, -0.2) is 28.0 Å². The molecule has 1 unspecified atom stereocenters. The van der Waals surface area contributed by atoms with Crippen molar-refractivity contribution in [1.29, 1.82) is 0 Å². The normalized spacial score (nSPS) is 17.3. The summed E-state index contributed by atoms with van der Waals surface area (Å²) < 4.78 is 0. The Labute approximate surface area is 127 Å². The molecule has 1 aromatic rings. The van der Waals surface area contributed by atoms with Gasteiger partial charge in [0, 0.05) is 17.8 Å². The molecule has 2 rings (SSSR count). The van der Waals surface area contributed by atoms with E-state index in [9.17, 15) is 4.79 Å². The van der Waals surface area contributed by atoms with Gasteiger partial charge in [0.1, 0.15) is 5.69 Å². The quantitative estimate of drug-likeness (QED) is 0.874. The molecule has 0 aliphatic heterocycles. The molecule has 1 amide bonds. The molecule has 1 aliphatic carbocycles. The maximum atomic E-state index is 12.2. The number of aromatic nitrogens is 2. The van der Waals surface area contributed by atoms with Crippen LogP contribution < -0.4 is 10.6 Å². The number of carbonyl (C=O) groups excluding carboxylic acids is 1. The molecule has 1 heterocycles. The molecule has 0 bridgehead atoms. The molecule has 0 saturated heterocycles. The summed E-state index contributed by atoms with van der Waals surface area (Å²) in [7, 11) is 0. The standard InChI is InChI=1S/C16H26N4O/c1-4-11(2)17-15(21)14-10-12(3)18-16(20-14)19-13-8-6-5-7-9-13/h10-11,13H,4-9H2,1-3H3,(H,17,21)(H,18,19,20). The predicted octanol–water partition coefficient (Wildman–Crippen LogP) is 3.06. The second kappa shape index (κ2) is 7.38. The van der Waals surface area contributed by atoms with Crippen molar-refractivity contribution in [2.75, 3.05) is 5.32 Å². The van der Waals surface area contributed by atoms with Crippen LogP contribution in [0.1, 0.15) is 68.6 Å². The minimum Gasteiger partial charge on any atom is -0.351 e. The summed E-state index contributed by atoms with van der Waals surface area (Å²) in [5.41, 5.74) is 1.26. The van der Waals surface area contributed by atoms with Crippen molar-refractivity contribution in [1.82, 2.24) is 15.3 Å². The highest BCUT2D eigenvalue weighted by molar-refractivity contribution is 5.92.